The summed E-state index contributed by atoms with van der Waals surface area (Å²) in [4.78, 5) is 16.5. The van der Waals surface area contributed by atoms with E-state index in [9.17, 15) is 4.79 Å². The van der Waals surface area contributed by atoms with Gasteiger partial charge in [0.1, 0.15) is 0 Å². The van der Waals surface area contributed by atoms with Crippen molar-refractivity contribution >= 4 is 17.7 Å². The van der Waals surface area contributed by atoms with Crippen LogP contribution in [0.15, 0.2) is 0 Å². The number of nitrogens with zero attached hydrogens (tertiary/aromatic N) is 2. The van der Waals surface area contributed by atoms with Gasteiger partial charge in [-0.2, -0.15) is 11.8 Å². The molecule has 0 saturated carbocycles. The molecule has 0 radical (unpaired) electrons. The second-order valence-electron chi connectivity index (χ2n) is 4.91. The molecule has 1 amide bonds. The van der Waals surface area contributed by atoms with E-state index in [1.807, 2.05) is 23.7 Å². The molecule has 2 aliphatic heterocycles. The number of carbonyl (C=O) groups is 1. The van der Waals surface area contributed by atoms with Gasteiger partial charge in [0.25, 0.3) is 0 Å². The maximum Gasteiger partial charge on any atom is 0.226 e. The number of hydrogen-bond acceptors (Lipinski definition) is 4. The first-order chi connectivity index (χ1) is 8.27. The first-order valence-electron chi connectivity index (χ1n) is 6.53. The third-order valence-corrected chi connectivity index (χ3v) is 4.78. The molecular formula is C12H23N3OS. The lowest BCUT2D eigenvalue weighted by Crippen LogP contribution is -2.47. The molecule has 0 aliphatic carbocycles. The van der Waals surface area contributed by atoms with Gasteiger partial charge in [0.15, 0.2) is 0 Å². The summed E-state index contributed by atoms with van der Waals surface area (Å²) in [7, 11) is 1.95. The SMILES string of the molecule is CN(CCN1CCNCC1)C(=O)C1CCSC1. The average molecular weight is 257 g/mol. The monoisotopic (exact) mass is 257 g/mol. The Bertz CT molecular complexity index is 250. The van der Waals surface area contributed by atoms with Crippen LogP contribution in [0.5, 0.6) is 0 Å². The summed E-state index contributed by atoms with van der Waals surface area (Å²) in [5, 5.41) is 3.34. The summed E-state index contributed by atoms with van der Waals surface area (Å²) < 4.78 is 0. The molecule has 2 rings (SSSR count). The number of piperazine rings is 1. The zero-order valence-electron chi connectivity index (χ0n) is 10.7. The highest BCUT2D eigenvalue weighted by Crippen LogP contribution is 2.24. The van der Waals surface area contributed by atoms with Gasteiger partial charge in [0.05, 0.1) is 0 Å². The highest BCUT2D eigenvalue weighted by atomic mass is 32.2. The van der Waals surface area contributed by atoms with E-state index in [0.717, 1.165) is 57.2 Å². The Morgan fingerprint density at radius 3 is 2.88 bits per heavy atom. The lowest BCUT2D eigenvalue weighted by Gasteiger charge is -2.29. The first kappa shape index (κ1) is 13.2. The summed E-state index contributed by atoms with van der Waals surface area (Å²) in [5.41, 5.74) is 0. The standard InChI is InChI=1S/C12H23N3OS/c1-14(12(16)11-2-9-17-10-11)7-8-15-5-3-13-4-6-15/h11,13H,2-10H2,1H3. The van der Waals surface area contributed by atoms with Gasteiger partial charge in [-0.15, -0.1) is 0 Å². The van der Waals surface area contributed by atoms with Crippen LogP contribution in [0.4, 0.5) is 0 Å². The van der Waals surface area contributed by atoms with Crippen molar-refractivity contribution in [2.24, 2.45) is 5.92 Å². The lowest BCUT2D eigenvalue weighted by atomic mass is 10.1. The fraction of sp³-hybridized carbons (Fsp3) is 0.917. The summed E-state index contributed by atoms with van der Waals surface area (Å²) >= 11 is 1.91. The van der Waals surface area contributed by atoms with Gasteiger partial charge in [-0.1, -0.05) is 0 Å². The summed E-state index contributed by atoms with van der Waals surface area (Å²) in [5.74, 6) is 2.82. The van der Waals surface area contributed by atoms with E-state index in [0.29, 0.717) is 5.91 Å². The van der Waals surface area contributed by atoms with E-state index >= 15 is 0 Å². The van der Waals surface area contributed by atoms with Crippen LogP contribution in [-0.4, -0.2) is 73.5 Å². The van der Waals surface area contributed by atoms with E-state index < -0.39 is 0 Å². The van der Waals surface area contributed by atoms with Gasteiger partial charge in [-0.25, -0.2) is 0 Å². The van der Waals surface area contributed by atoms with Gasteiger partial charge in [-0.3, -0.25) is 9.69 Å². The van der Waals surface area contributed by atoms with Crippen LogP contribution in [0.3, 0.4) is 0 Å². The van der Waals surface area contributed by atoms with Gasteiger partial charge in [0.2, 0.25) is 5.91 Å². The van der Waals surface area contributed by atoms with Crippen molar-refractivity contribution in [1.29, 1.82) is 0 Å². The largest absolute Gasteiger partial charge is 0.344 e. The molecule has 0 spiro atoms. The Morgan fingerprint density at radius 1 is 1.47 bits per heavy atom. The predicted molar refractivity (Wildman–Crippen MR) is 72.4 cm³/mol. The van der Waals surface area contributed by atoms with Crippen molar-refractivity contribution in [1.82, 2.24) is 15.1 Å². The molecular weight excluding hydrogens is 234 g/mol. The number of amides is 1. The fourth-order valence-electron chi connectivity index (χ4n) is 2.38. The molecule has 0 aromatic carbocycles. The number of likely N-dealkylation sites (N-methyl/N-ethyl adjacent to an activating group) is 1. The quantitative estimate of drug-likeness (QED) is 0.775. The number of hydrogen-bond donors (Lipinski definition) is 1. The molecule has 1 N–H and O–H groups in total. The molecule has 0 aromatic heterocycles. The minimum Gasteiger partial charge on any atom is -0.344 e. The molecule has 1 atom stereocenters. The highest BCUT2D eigenvalue weighted by Gasteiger charge is 2.25. The molecule has 0 bridgehead atoms. The van der Waals surface area contributed by atoms with Crippen molar-refractivity contribution in [3.05, 3.63) is 0 Å². The van der Waals surface area contributed by atoms with Crippen molar-refractivity contribution in [2.75, 3.05) is 57.8 Å². The van der Waals surface area contributed by atoms with Crippen molar-refractivity contribution in [3.8, 4) is 0 Å². The van der Waals surface area contributed by atoms with E-state index in [1.54, 1.807) is 0 Å². The lowest BCUT2D eigenvalue weighted by molar-refractivity contribution is -0.133. The molecule has 98 valence electrons. The highest BCUT2D eigenvalue weighted by molar-refractivity contribution is 7.99. The summed E-state index contributed by atoms with van der Waals surface area (Å²) in [6.07, 6.45) is 1.07. The average Bonchev–Trinajstić information content (AvgIpc) is 2.90. The zero-order valence-corrected chi connectivity index (χ0v) is 11.5. The number of rotatable bonds is 4. The fourth-order valence-corrected chi connectivity index (χ4v) is 3.59. The predicted octanol–water partition coefficient (Wildman–Crippen LogP) is 0.103. The van der Waals surface area contributed by atoms with Crippen LogP contribution in [-0.2, 0) is 4.79 Å². The third kappa shape index (κ3) is 3.86. The smallest absolute Gasteiger partial charge is 0.226 e. The number of carbonyl (C=O) groups excluding carboxylic acids is 1. The Morgan fingerprint density at radius 2 is 2.24 bits per heavy atom. The van der Waals surface area contributed by atoms with Crippen LogP contribution in [0, 0.1) is 5.92 Å². The minimum absolute atomic E-state index is 0.285. The molecule has 2 aliphatic rings. The number of thioether (sulfide) groups is 1. The van der Waals surface area contributed by atoms with Crippen LogP contribution in [0.2, 0.25) is 0 Å². The molecule has 2 heterocycles. The van der Waals surface area contributed by atoms with Crippen molar-refractivity contribution in [3.63, 3.8) is 0 Å². The number of nitrogens with one attached hydrogen (secondary N) is 1. The van der Waals surface area contributed by atoms with Crippen LogP contribution in [0.25, 0.3) is 0 Å². The topological polar surface area (TPSA) is 35.6 Å². The maximum atomic E-state index is 12.1. The third-order valence-electron chi connectivity index (χ3n) is 3.62. The molecule has 2 fully saturated rings. The molecule has 17 heavy (non-hydrogen) atoms. The van der Waals surface area contributed by atoms with Crippen LogP contribution >= 0.6 is 11.8 Å². The molecule has 2 saturated heterocycles. The second-order valence-corrected chi connectivity index (χ2v) is 6.06. The van der Waals surface area contributed by atoms with Gasteiger partial charge >= 0.3 is 0 Å². The van der Waals surface area contributed by atoms with Gasteiger partial charge in [0, 0.05) is 58.0 Å². The Labute approximate surface area is 108 Å². The molecule has 1 unspecified atom stereocenters. The van der Waals surface area contributed by atoms with Gasteiger partial charge in [-0.05, 0) is 12.2 Å². The first-order valence-corrected chi connectivity index (χ1v) is 7.68. The van der Waals surface area contributed by atoms with E-state index in [4.69, 9.17) is 0 Å². The molecule has 5 heteroatoms. The van der Waals surface area contributed by atoms with Crippen molar-refractivity contribution < 1.29 is 4.79 Å². The van der Waals surface area contributed by atoms with Crippen LogP contribution < -0.4 is 5.32 Å². The van der Waals surface area contributed by atoms with Crippen LogP contribution in [0.1, 0.15) is 6.42 Å². The van der Waals surface area contributed by atoms with Crippen molar-refractivity contribution in [2.45, 2.75) is 6.42 Å². The molecule has 0 aromatic rings. The zero-order chi connectivity index (χ0) is 12.1. The Balaban J connectivity index is 1.68. The maximum absolute atomic E-state index is 12.1. The normalized spacial score (nSPS) is 26.1. The minimum atomic E-state index is 0.285. The Kier molecular flexibility index (Phi) is 5.13. The van der Waals surface area contributed by atoms with E-state index in [1.165, 1.54) is 0 Å². The summed E-state index contributed by atoms with van der Waals surface area (Å²) in [6.45, 7) is 6.28. The van der Waals surface area contributed by atoms with Gasteiger partial charge < -0.3 is 10.2 Å². The second kappa shape index (κ2) is 6.61. The van der Waals surface area contributed by atoms with E-state index in [2.05, 4.69) is 10.2 Å². The van der Waals surface area contributed by atoms with E-state index in [-0.39, 0.29) is 5.92 Å². The molecule has 4 nitrogen and oxygen atoms in total. The summed E-state index contributed by atoms with van der Waals surface area (Å²) in [6, 6.07) is 0. The Hall–Kier alpha value is -0.260.